The Kier molecular flexibility index (Phi) is 7.75. The van der Waals surface area contributed by atoms with Crippen molar-refractivity contribution in [1.29, 1.82) is 0 Å². The molecule has 0 bridgehead atoms. The van der Waals surface area contributed by atoms with Crippen LogP contribution in [0.3, 0.4) is 0 Å². The fourth-order valence-electron chi connectivity index (χ4n) is 2.51. The van der Waals surface area contributed by atoms with Gasteiger partial charge in [-0.1, -0.05) is 52.0 Å². The van der Waals surface area contributed by atoms with Crippen LogP contribution in [-0.4, -0.2) is 25.5 Å². The number of nitrogens with one attached hydrogen (secondary N) is 3. The minimum Gasteiger partial charge on any atom is -0.341 e. The van der Waals surface area contributed by atoms with Crippen molar-refractivity contribution >= 4 is 11.9 Å². The number of carbonyl (C=O) groups excluding carboxylic acids is 2. The number of urea groups is 1. The molecule has 23 heavy (non-hydrogen) atoms. The van der Waals surface area contributed by atoms with Gasteiger partial charge in [0.25, 0.3) is 0 Å². The van der Waals surface area contributed by atoms with Crippen LogP contribution in [0.25, 0.3) is 0 Å². The molecule has 0 aliphatic rings. The Morgan fingerprint density at radius 2 is 1.65 bits per heavy atom. The Balaban J connectivity index is 2.67. The van der Waals surface area contributed by atoms with Gasteiger partial charge in [-0.05, 0) is 29.4 Å². The lowest BCUT2D eigenvalue weighted by atomic mass is 9.94. The van der Waals surface area contributed by atoms with Crippen molar-refractivity contribution < 1.29 is 9.59 Å². The van der Waals surface area contributed by atoms with Crippen molar-refractivity contribution in [1.82, 2.24) is 16.0 Å². The molecule has 0 fully saturated rings. The second-order valence-electron chi connectivity index (χ2n) is 6.57. The van der Waals surface area contributed by atoms with E-state index in [9.17, 15) is 9.59 Å². The van der Waals surface area contributed by atoms with E-state index in [4.69, 9.17) is 0 Å². The smallest absolute Gasteiger partial charge is 0.321 e. The van der Waals surface area contributed by atoms with Gasteiger partial charge in [0, 0.05) is 13.1 Å². The van der Waals surface area contributed by atoms with Gasteiger partial charge in [0.15, 0.2) is 0 Å². The Morgan fingerprint density at radius 1 is 1.04 bits per heavy atom. The van der Waals surface area contributed by atoms with Gasteiger partial charge < -0.3 is 10.6 Å². The topological polar surface area (TPSA) is 70.2 Å². The van der Waals surface area contributed by atoms with Crippen molar-refractivity contribution in [2.45, 2.75) is 40.2 Å². The van der Waals surface area contributed by atoms with E-state index < -0.39 is 6.03 Å². The van der Waals surface area contributed by atoms with Gasteiger partial charge in [0.1, 0.15) is 0 Å². The summed E-state index contributed by atoms with van der Waals surface area (Å²) in [6.07, 6.45) is 1.06. The Labute approximate surface area is 139 Å². The van der Waals surface area contributed by atoms with Gasteiger partial charge in [-0.25, -0.2) is 4.79 Å². The zero-order chi connectivity index (χ0) is 17.4. The second-order valence-corrected chi connectivity index (χ2v) is 6.57. The first-order valence-electron chi connectivity index (χ1n) is 8.17. The maximum atomic E-state index is 11.7. The molecule has 5 nitrogen and oxygen atoms in total. The molecule has 3 N–H and O–H groups in total. The summed E-state index contributed by atoms with van der Waals surface area (Å²) in [6.45, 7) is 8.73. The molecule has 1 aromatic carbocycles. The number of rotatable bonds is 7. The van der Waals surface area contributed by atoms with Crippen molar-refractivity contribution in [3.63, 3.8) is 0 Å². The predicted molar refractivity (Wildman–Crippen MR) is 93.2 cm³/mol. The molecule has 0 saturated heterocycles. The first-order valence-corrected chi connectivity index (χ1v) is 8.17. The molecule has 0 heterocycles. The maximum absolute atomic E-state index is 11.7. The van der Waals surface area contributed by atoms with Gasteiger partial charge in [-0.3, -0.25) is 10.1 Å². The third-order valence-corrected chi connectivity index (χ3v) is 3.61. The molecule has 0 saturated carbocycles. The summed E-state index contributed by atoms with van der Waals surface area (Å²) in [5.41, 5.74) is 2.48. The van der Waals surface area contributed by atoms with Gasteiger partial charge in [0.2, 0.25) is 5.91 Å². The van der Waals surface area contributed by atoms with E-state index in [-0.39, 0.29) is 18.5 Å². The first kappa shape index (κ1) is 19.2. The summed E-state index contributed by atoms with van der Waals surface area (Å²) in [5.74, 6) is 0.624. The molecule has 128 valence electrons. The fraction of sp³-hybridized carbons (Fsp3) is 0.556. The van der Waals surface area contributed by atoms with Crippen molar-refractivity contribution in [3.05, 3.63) is 35.4 Å². The number of hydrogen-bond acceptors (Lipinski definition) is 3. The van der Waals surface area contributed by atoms with E-state index in [1.54, 1.807) is 0 Å². The molecule has 0 radical (unpaired) electrons. The van der Waals surface area contributed by atoms with Crippen molar-refractivity contribution in [2.75, 3.05) is 13.6 Å². The summed E-state index contributed by atoms with van der Waals surface area (Å²) in [7, 11) is 1.48. The number of imide groups is 1. The molecule has 0 aliphatic heterocycles. The summed E-state index contributed by atoms with van der Waals surface area (Å²) >= 11 is 0. The molecule has 0 spiro atoms. The summed E-state index contributed by atoms with van der Waals surface area (Å²) in [5, 5.41) is 7.85. The highest BCUT2D eigenvalue weighted by Gasteiger charge is 2.17. The number of carbonyl (C=O) groups is 2. The van der Waals surface area contributed by atoms with E-state index in [1.807, 2.05) is 0 Å². The Morgan fingerprint density at radius 3 is 2.13 bits per heavy atom. The highest BCUT2D eigenvalue weighted by atomic mass is 16.2. The van der Waals surface area contributed by atoms with Gasteiger partial charge in [0.05, 0.1) is 6.54 Å². The summed E-state index contributed by atoms with van der Waals surface area (Å²) in [6, 6.07) is 8.11. The summed E-state index contributed by atoms with van der Waals surface area (Å²) < 4.78 is 0. The highest BCUT2D eigenvalue weighted by Crippen LogP contribution is 2.22. The standard InChI is InChI=1S/C18H29N3O2/c1-12(2)10-14-6-8-15(9-7-14)17(13(3)4)20-11-16(22)21-18(23)19-5/h6-9,12-13,17,20H,10-11H2,1-5H3,(H2,19,21,22,23)/t17-/m1/s1. The van der Waals surface area contributed by atoms with Crippen molar-refractivity contribution in [2.24, 2.45) is 11.8 Å². The Bertz CT molecular complexity index is 510. The molecule has 0 unspecified atom stereocenters. The fourth-order valence-corrected chi connectivity index (χ4v) is 2.51. The second kappa shape index (κ2) is 9.30. The van der Waals surface area contributed by atoms with E-state index in [1.165, 1.54) is 12.6 Å². The van der Waals surface area contributed by atoms with Crippen LogP contribution in [0.15, 0.2) is 24.3 Å². The molecule has 1 aromatic rings. The average Bonchev–Trinajstić information content (AvgIpc) is 2.48. The van der Waals surface area contributed by atoms with Crippen LogP contribution in [0.4, 0.5) is 4.79 Å². The summed E-state index contributed by atoms with van der Waals surface area (Å²) in [4.78, 5) is 22.8. The van der Waals surface area contributed by atoms with Crippen LogP contribution in [0, 0.1) is 11.8 Å². The van der Waals surface area contributed by atoms with Gasteiger partial charge >= 0.3 is 6.03 Å². The van der Waals surface area contributed by atoms with E-state index in [2.05, 4.69) is 67.9 Å². The van der Waals surface area contributed by atoms with Crippen LogP contribution in [0.2, 0.25) is 0 Å². The lowest BCUT2D eigenvalue weighted by Gasteiger charge is -2.23. The first-order chi connectivity index (χ1) is 10.8. The highest BCUT2D eigenvalue weighted by molar-refractivity contribution is 5.95. The molecule has 0 aliphatic carbocycles. The predicted octanol–water partition coefficient (Wildman–Crippen LogP) is 2.63. The molecule has 1 atom stereocenters. The zero-order valence-electron chi connectivity index (χ0n) is 14.8. The maximum Gasteiger partial charge on any atom is 0.321 e. The molecular weight excluding hydrogens is 290 g/mol. The van der Waals surface area contributed by atoms with Crippen LogP contribution in [0.5, 0.6) is 0 Å². The molecule has 1 rings (SSSR count). The van der Waals surface area contributed by atoms with Gasteiger partial charge in [-0.2, -0.15) is 0 Å². The third kappa shape index (κ3) is 6.82. The third-order valence-electron chi connectivity index (χ3n) is 3.61. The number of hydrogen-bond donors (Lipinski definition) is 3. The van der Waals surface area contributed by atoms with Crippen LogP contribution < -0.4 is 16.0 Å². The molecule has 5 heteroatoms. The van der Waals surface area contributed by atoms with E-state index in [0.717, 1.165) is 12.0 Å². The van der Waals surface area contributed by atoms with Crippen LogP contribution in [0.1, 0.15) is 44.9 Å². The SMILES string of the molecule is CNC(=O)NC(=O)CN[C@@H](c1ccc(CC(C)C)cc1)C(C)C. The Hall–Kier alpha value is -1.88. The van der Waals surface area contributed by atoms with Crippen molar-refractivity contribution in [3.8, 4) is 0 Å². The quantitative estimate of drug-likeness (QED) is 0.723. The number of benzene rings is 1. The average molecular weight is 319 g/mol. The normalized spacial score (nSPS) is 12.3. The number of amides is 3. The molecule has 0 aromatic heterocycles. The lowest BCUT2D eigenvalue weighted by Crippen LogP contribution is -2.43. The molecule has 3 amide bonds. The van der Waals surface area contributed by atoms with E-state index in [0.29, 0.717) is 11.8 Å². The minimum atomic E-state index is -0.490. The monoisotopic (exact) mass is 319 g/mol. The van der Waals surface area contributed by atoms with Gasteiger partial charge in [-0.15, -0.1) is 0 Å². The largest absolute Gasteiger partial charge is 0.341 e. The van der Waals surface area contributed by atoms with Crippen LogP contribution in [-0.2, 0) is 11.2 Å². The minimum absolute atomic E-state index is 0.0681. The molecular formula is C18H29N3O2. The van der Waals surface area contributed by atoms with E-state index >= 15 is 0 Å². The zero-order valence-corrected chi connectivity index (χ0v) is 14.8. The lowest BCUT2D eigenvalue weighted by molar-refractivity contribution is -0.119. The van der Waals surface area contributed by atoms with Crippen LogP contribution >= 0.6 is 0 Å².